The van der Waals surface area contributed by atoms with Crippen LogP contribution in [0.25, 0.3) is 0 Å². The first kappa shape index (κ1) is 17.0. The van der Waals surface area contributed by atoms with E-state index in [9.17, 15) is 0 Å². The highest BCUT2D eigenvalue weighted by Gasteiger charge is 2.08. The lowest BCUT2D eigenvalue weighted by Gasteiger charge is -2.15. The molecule has 2 N–H and O–H groups in total. The van der Waals surface area contributed by atoms with Crippen LogP contribution in [0.2, 0.25) is 0 Å². The fourth-order valence-electron chi connectivity index (χ4n) is 1.89. The van der Waals surface area contributed by atoms with Gasteiger partial charge in [-0.3, -0.25) is 0 Å². The van der Waals surface area contributed by atoms with Crippen LogP contribution in [-0.4, -0.2) is 39.6 Å². The Balaban J connectivity index is 2.47. The van der Waals surface area contributed by atoms with Crippen molar-refractivity contribution in [3.8, 4) is 5.75 Å². The van der Waals surface area contributed by atoms with Gasteiger partial charge in [0.25, 0.3) is 0 Å². The van der Waals surface area contributed by atoms with E-state index >= 15 is 0 Å². The SMILES string of the molecule is CCC(N)Cc1cc(C)ccc1OCCOCCOC. The molecule has 0 aliphatic heterocycles. The van der Waals surface area contributed by atoms with Crippen molar-refractivity contribution in [2.45, 2.75) is 32.7 Å². The van der Waals surface area contributed by atoms with E-state index < -0.39 is 0 Å². The molecule has 0 saturated carbocycles. The van der Waals surface area contributed by atoms with Gasteiger partial charge in [0, 0.05) is 13.2 Å². The van der Waals surface area contributed by atoms with Gasteiger partial charge in [-0.1, -0.05) is 24.6 Å². The topological polar surface area (TPSA) is 53.7 Å². The molecular formula is C16H27NO3. The molecule has 0 aliphatic carbocycles. The fraction of sp³-hybridized carbons (Fsp3) is 0.625. The molecule has 1 aromatic rings. The molecule has 4 heteroatoms. The van der Waals surface area contributed by atoms with E-state index in [0.29, 0.717) is 26.4 Å². The smallest absolute Gasteiger partial charge is 0.122 e. The Hall–Kier alpha value is -1.10. The monoisotopic (exact) mass is 281 g/mol. The van der Waals surface area contributed by atoms with Crippen molar-refractivity contribution >= 4 is 0 Å². The van der Waals surface area contributed by atoms with Crippen LogP contribution in [0.5, 0.6) is 5.75 Å². The molecule has 0 amide bonds. The van der Waals surface area contributed by atoms with Gasteiger partial charge in [-0.15, -0.1) is 0 Å². The second-order valence-corrected chi connectivity index (χ2v) is 4.94. The highest BCUT2D eigenvalue weighted by molar-refractivity contribution is 5.37. The van der Waals surface area contributed by atoms with Crippen molar-refractivity contribution in [2.75, 3.05) is 33.5 Å². The Labute approximate surface area is 122 Å². The molecule has 1 unspecified atom stereocenters. The first-order chi connectivity index (χ1) is 9.67. The highest BCUT2D eigenvalue weighted by Crippen LogP contribution is 2.21. The molecule has 0 saturated heterocycles. The fourth-order valence-corrected chi connectivity index (χ4v) is 1.89. The summed E-state index contributed by atoms with van der Waals surface area (Å²) in [6, 6.07) is 6.40. The second kappa shape index (κ2) is 9.75. The number of ether oxygens (including phenoxy) is 3. The normalized spacial score (nSPS) is 12.4. The van der Waals surface area contributed by atoms with Crippen molar-refractivity contribution < 1.29 is 14.2 Å². The molecule has 0 aliphatic rings. The van der Waals surface area contributed by atoms with Gasteiger partial charge in [-0.2, -0.15) is 0 Å². The Bertz CT molecular complexity index is 382. The van der Waals surface area contributed by atoms with E-state index in [1.54, 1.807) is 7.11 Å². The number of rotatable bonds is 10. The molecule has 0 fully saturated rings. The van der Waals surface area contributed by atoms with Gasteiger partial charge in [0.15, 0.2) is 0 Å². The molecule has 0 heterocycles. The van der Waals surface area contributed by atoms with E-state index in [-0.39, 0.29) is 6.04 Å². The van der Waals surface area contributed by atoms with E-state index in [0.717, 1.165) is 18.6 Å². The summed E-state index contributed by atoms with van der Waals surface area (Å²) in [4.78, 5) is 0. The number of hydrogen-bond donors (Lipinski definition) is 1. The lowest BCUT2D eigenvalue weighted by molar-refractivity contribution is 0.0542. The predicted octanol–water partition coefficient (Wildman–Crippen LogP) is 2.32. The summed E-state index contributed by atoms with van der Waals surface area (Å²) in [5, 5.41) is 0. The molecule has 1 rings (SSSR count). The maximum Gasteiger partial charge on any atom is 0.122 e. The first-order valence-corrected chi connectivity index (χ1v) is 7.22. The summed E-state index contributed by atoms with van der Waals surface area (Å²) in [5.41, 5.74) is 8.45. The minimum atomic E-state index is 0.178. The number of aryl methyl sites for hydroxylation is 1. The minimum Gasteiger partial charge on any atom is -0.491 e. The molecule has 0 radical (unpaired) electrons. The highest BCUT2D eigenvalue weighted by atomic mass is 16.5. The maximum absolute atomic E-state index is 6.04. The average Bonchev–Trinajstić information content (AvgIpc) is 2.44. The Morgan fingerprint density at radius 1 is 1.15 bits per heavy atom. The Morgan fingerprint density at radius 3 is 2.60 bits per heavy atom. The Morgan fingerprint density at radius 2 is 1.90 bits per heavy atom. The summed E-state index contributed by atoms with van der Waals surface area (Å²) in [6.45, 7) is 6.50. The third-order valence-corrected chi connectivity index (χ3v) is 3.14. The summed E-state index contributed by atoms with van der Waals surface area (Å²) in [7, 11) is 1.66. The van der Waals surface area contributed by atoms with Gasteiger partial charge >= 0.3 is 0 Å². The third-order valence-electron chi connectivity index (χ3n) is 3.14. The summed E-state index contributed by atoms with van der Waals surface area (Å²) in [6.07, 6.45) is 1.81. The van der Waals surface area contributed by atoms with Gasteiger partial charge in [0.05, 0.1) is 19.8 Å². The summed E-state index contributed by atoms with van der Waals surface area (Å²) in [5.74, 6) is 0.912. The predicted molar refractivity (Wildman–Crippen MR) is 81.3 cm³/mol. The summed E-state index contributed by atoms with van der Waals surface area (Å²) >= 11 is 0. The maximum atomic E-state index is 6.04. The van der Waals surface area contributed by atoms with Crippen molar-refractivity contribution in [3.05, 3.63) is 29.3 Å². The van der Waals surface area contributed by atoms with Crippen LogP contribution in [-0.2, 0) is 15.9 Å². The van der Waals surface area contributed by atoms with Crippen LogP contribution in [0, 0.1) is 6.92 Å². The Kier molecular flexibility index (Phi) is 8.26. The zero-order chi connectivity index (χ0) is 14.8. The minimum absolute atomic E-state index is 0.178. The number of methoxy groups -OCH3 is 1. The number of hydrogen-bond acceptors (Lipinski definition) is 4. The molecule has 114 valence electrons. The zero-order valence-electron chi connectivity index (χ0n) is 12.9. The first-order valence-electron chi connectivity index (χ1n) is 7.22. The van der Waals surface area contributed by atoms with Crippen LogP contribution in [0.3, 0.4) is 0 Å². The quantitative estimate of drug-likeness (QED) is 0.669. The van der Waals surface area contributed by atoms with Gasteiger partial charge < -0.3 is 19.9 Å². The van der Waals surface area contributed by atoms with Gasteiger partial charge in [-0.25, -0.2) is 0 Å². The average molecular weight is 281 g/mol. The molecule has 1 aromatic carbocycles. The van der Waals surface area contributed by atoms with Gasteiger partial charge in [-0.05, 0) is 31.4 Å². The second-order valence-electron chi connectivity index (χ2n) is 4.94. The van der Waals surface area contributed by atoms with Gasteiger partial charge in [0.1, 0.15) is 12.4 Å². The standard InChI is InChI=1S/C16H27NO3/c1-4-15(17)12-14-11-13(2)5-6-16(14)20-10-9-19-8-7-18-3/h5-6,11,15H,4,7-10,12,17H2,1-3H3. The lowest BCUT2D eigenvalue weighted by atomic mass is 10.0. The van der Waals surface area contributed by atoms with Gasteiger partial charge in [0.2, 0.25) is 0 Å². The molecule has 0 bridgehead atoms. The van der Waals surface area contributed by atoms with E-state index in [1.165, 1.54) is 11.1 Å². The molecule has 0 spiro atoms. The molecule has 1 atom stereocenters. The van der Waals surface area contributed by atoms with E-state index in [2.05, 4.69) is 26.0 Å². The summed E-state index contributed by atoms with van der Waals surface area (Å²) < 4.78 is 16.1. The van der Waals surface area contributed by atoms with Crippen molar-refractivity contribution in [1.29, 1.82) is 0 Å². The lowest BCUT2D eigenvalue weighted by Crippen LogP contribution is -2.22. The van der Waals surface area contributed by atoms with Crippen LogP contribution in [0.15, 0.2) is 18.2 Å². The van der Waals surface area contributed by atoms with Crippen LogP contribution in [0.1, 0.15) is 24.5 Å². The number of nitrogens with two attached hydrogens (primary N) is 1. The van der Waals surface area contributed by atoms with Crippen LogP contribution >= 0.6 is 0 Å². The molecule has 0 aromatic heterocycles. The zero-order valence-corrected chi connectivity index (χ0v) is 12.9. The van der Waals surface area contributed by atoms with Crippen molar-refractivity contribution in [1.82, 2.24) is 0 Å². The van der Waals surface area contributed by atoms with E-state index in [4.69, 9.17) is 19.9 Å². The van der Waals surface area contributed by atoms with Crippen molar-refractivity contribution in [3.63, 3.8) is 0 Å². The molecular weight excluding hydrogens is 254 g/mol. The van der Waals surface area contributed by atoms with E-state index in [1.807, 2.05) is 6.07 Å². The molecule has 4 nitrogen and oxygen atoms in total. The largest absolute Gasteiger partial charge is 0.491 e. The van der Waals surface area contributed by atoms with Crippen molar-refractivity contribution in [2.24, 2.45) is 5.73 Å². The molecule has 20 heavy (non-hydrogen) atoms. The van der Waals surface area contributed by atoms with Crippen LogP contribution in [0.4, 0.5) is 0 Å². The van der Waals surface area contributed by atoms with Crippen LogP contribution < -0.4 is 10.5 Å². The number of benzene rings is 1. The third kappa shape index (κ3) is 6.37.